The second-order valence-corrected chi connectivity index (χ2v) is 4.53. The van der Waals surface area contributed by atoms with Crippen molar-refractivity contribution < 1.29 is 0 Å². The zero-order valence-corrected chi connectivity index (χ0v) is 11.5. The first kappa shape index (κ1) is 13.4. The molecule has 2 rings (SSSR count). The quantitative estimate of drug-likeness (QED) is 0.658. The number of nitrogens with zero attached hydrogens (tertiary/aromatic N) is 1. The molecular weight excluding hydrogens is 258 g/mol. The molecule has 0 aliphatic heterocycles. The molecule has 0 heterocycles. The molecule has 98 valence electrons. The molecule has 0 saturated carbocycles. The molecule has 0 bridgehead atoms. The van der Waals surface area contributed by atoms with Gasteiger partial charge >= 0.3 is 0 Å². The number of amidine groups is 1. The highest BCUT2D eigenvalue weighted by molar-refractivity contribution is 6.34. The molecule has 4 heteroatoms. The van der Waals surface area contributed by atoms with E-state index in [9.17, 15) is 0 Å². The molecule has 2 aromatic rings. The number of hydrogen-bond donors (Lipinski definition) is 2. The van der Waals surface area contributed by atoms with E-state index in [0.29, 0.717) is 10.6 Å². The van der Waals surface area contributed by atoms with Crippen LogP contribution in [0.25, 0.3) is 0 Å². The number of halogens is 1. The predicted octanol–water partition coefficient (Wildman–Crippen LogP) is 3.78. The molecule has 0 unspecified atom stereocenters. The maximum absolute atomic E-state index is 7.71. The summed E-state index contributed by atoms with van der Waals surface area (Å²) in [6.45, 7) is 2.82. The van der Waals surface area contributed by atoms with Crippen LogP contribution < -0.4 is 10.6 Å². The molecule has 0 amide bonds. The zero-order chi connectivity index (χ0) is 13.8. The molecule has 0 spiro atoms. The lowest BCUT2D eigenvalue weighted by atomic mass is 10.1. The molecule has 3 nitrogen and oxygen atoms in total. The summed E-state index contributed by atoms with van der Waals surface area (Å²) < 4.78 is 0. The summed E-state index contributed by atoms with van der Waals surface area (Å²) in [5.41, 5.74) is 8.14. The minimum Gasteiger partial charge on any atom is -0.384 e. The molecule has 0 saturated heterocycles. The van der Waals surface area contributed by atoms with Gasteiger partial charge in [0.1, 0.15) is 5.84 Å². The minimum atomic E-state index is -0.0185. The second-order valence-electron chi connectivity index (χ2n) is 4.13. The van der Waals surface area contributed by atoms with Crippen LogP contribution in [-0.2, 0) is 0 Å². The average Bonchev–Trinajstić information content (AvgIpc) is 2.40. The van der Waals surface area contributed by atoms with E-state index in [1.165, 1.54) is 0 Å². The molecule has 0 fully saturated rings. The number of para-hydroxylation sites is 1. The van der Waals surface area contributed by atoms with Gasteiger partial charge in [-0.1, -0.05) is 35.9 Å². The largest absolute Gasteiger partial charge is 0.384 e. The van der Waals surface area contributed by atoms with E-state index in [4.69, 9.17) is 22.7 Å². The van der Waals surface area contributed by atoms with Crippen LogP contribution in [0.15, 0.2) is 48.5 Å². The highest BCUT2D eigenvalue weighted by atomic mass is 35.5. The maximum atomic E-state index is 7.71. The van der Waals surface area contributed by atoms with Crippen LogP contribution in [0.3, 0.4) is 0 Å². The van der Waals surface area contributed by atoms with E-state index in [2.05, 4.69) is 11.8 Å². The number of nitrogen functional groups attached to an aromatic ring is 1. The lowest BCUT2D eigenvalue weighted by Crippen LogP contribution is -2.22. The Kier molecular flexibility index (Phi) is 4.07. The Bertz CT molecular complexity index is 581. The van der Waals surface area contributed by atoms with E-state index in [0.717, 1.165) is 17.9 Å². The molecule has 0 radical (unpaired) electrons. The van der Waals surface area contributed by atoms with Gasteiger partial charge in [-0.15, -0.1) is 0 Å². The second kappa shape index (κ2) is 5.76. The van der Waals surface area contributed by atoms with E-state index < -0.39 is 0 Å². The van der Waals surface area contributed by atoms with Crippen molar-refractivity contribution in [1.29, 1.82) is 5.41 Å². The highest BCUT2D eigenvalue weighted by Crippen LogP contribution is 2.32. The Labute approximate surface area is 118 Å². The zero-order valence-electron chi connectivity index (χ0n) is 10.7. The van der Waals surface area contributed by atoms with Gasteiger partial charge in [-0.3, -0.25) is 5.41 Å². The van der Waals surface area contributed by atoms with Crippen LogP contribution in [-0.4, -0.2) is 12.4 Å². The van der Waals surface area contributed by atoms with Crippen LogP contribution in [0, 0.1) is 5.41 Å². The first-order valence-electron chi connectivity index (χ1n) is 6.10. The third-order valence-electron chi connectivity index (χ3n) is 2.94. The number of rotatable bonds is 4. The first-order valence-corrected chi connectivity index (χ1v) is 6.48. The molecule has 19 heavy (non-hydrogen) atoms. The van der Waals surface area contributed by atoms with Crippen molar-refractivity contribution in [2.75, 3.05) is 11.4 Å². The highest BCUT2D eigenvalue weighted by Gasteiger charge is 2.15. The third kappa shape index (κ3) is 2.71. The molecule has 0 aliphatic carbocycles. The van der Waals surface area contributed by atoms with Crippen LogP contribution in [0.1, 0.15) is 12.5 Å². The Morgan fingerprint density at radius 3 is 2.42 bits per heavy atom. The first-order chi connectivity index (χ1) is 9.15. The van der Waals surface area contributed by atoms with Crippen molar-refractivity contribution in [2.45, 2.75) is 6.92 Å². The number of nitrogens with one attached hydrogen (secondary N) is 1. The number of anilines is 2. The predicted molar refractivity (Wildman–Crippen MR) is 81.6 cm³/mol. The van der Waals surface area contributed by atoms with Crippen LogP contribution >= 0.6 is 11.6 Å². The van der Waals surface area contributed by atoms with Crippen molar-refractivity contribution >= 4 is 28.8 Å². The van der Waals surface area contributed by atoms with Gasteiger partial charge in [0, 0.05) is 12.2 Å². The van der Waals surface area contributed by atoms with Crippen molar-refractivity contribution in [3.63, 3.8) is 0 Å². The maximum Gasteiger partial charge on any atom is 0.126 e. The monoisotopic (exact) mass is 273 g/mol. The van der Waals surface area contributed by atoms with Gasteiger partial charge in [-0.25, -0.2) is 0 Å². The van der Waals surface area contributed by atoms with E-state index >= 15 is 0 Å². The van der Waals surface area contributed by atoms with Gasteiger partial charge in [0.05, 0.1) is 16.3 Å². The lowest BCUT2D eigenvalue weighted by Gasteiger charge is -2.26. The van der Waals surface area contributed by atoms with Crippen molar-refractivity contribution in [2.24, 2.45) is 5.73 Å². The fraction of sp³-hybridized carbons (Fsp3) is 0.133. The summed E-state index contributed by atoms with van der Waals surface area (Å²) in [4.78, 5) is 2.09. The number of nitrogens with two attached hydrogens (primary N) is 1. The van der Waals surface area contributed by atoms with Gasteiger partial charge in [-0.2, -0.15) is 0 Å². The third-order valence-corrected chi connectivity index (χ3v) is 3.25. The molecule has 3 N–H and O–H groups in total. The molecule has 0 atom stereocenters. The van der Waals surface area contributed by atoms with Gasteiger partial charge < -0.3 is 10.6 Å². The standard InChI is InChI=1S/C15H16ClN3/c1-2-19(11-7-4-3-5-8-11)13-10-6-9-12(16)14(13)15(17)18/h3-10H,2H2,1H3,(H3,17,18). The summed E-state index contributed by atoms with van der Waals surface area (Å²) in [6.07, 6.45) is 0. The van der Waals surface area contributed by atoms with Gasteiger partial charge in [0.25, 0.3) is 0 Å². The summed E-state index contributed by atoms with van der Waals surface area (Å²) >= 11 is 6.17. The van der Waals surface area contributed by atoms with Crippen molar-refractivity contribution in [3.05, 3.63) is 59.1 Å². The lowest BCUT2D eigenvalue weighted by molar-refractivity contribution is 1.02. The minimum absolute atomic E-state index is 0.0185. The summed E-state index contributed by atoms with van der Waals surface area (Å²) in [5.74, 6) is -0.0185. The fourth-order valence-electron chi connectivity index (χ4n) is 2.10. The SMILES string of the molecule is CCN(c1ccccc1)c1cccc(Cl)c1C(=N)N. The molecule has 0 aromatic heterocycles. The van der Waals surface area contributed by atoms with Gasteiger partial charge in [0.2, 0.25) is 0 Å². The Morgan fingerprint density at radius 2 is 1.84 bits per heavy atom. The van der Waals surface area contributed by atoms with E-state index in [-0.39, 0.29) is 5.84 Å². The topological polar surface area (TPSA) is 53.1 Å². The van der Waals surface area contributed by atoms with Crippen molar-refractivity contribution in [1.82, 2.24) is 0 Å². The normalized spacial score (nSPS) is 10.2. The van der Waals surface area contributed by atoms with Crippen LogP contribution in [0.4, 0.5) is 11.4 Å². The Morgan fingerprint density at radius 1 is 1.16 bits per heavy atom. The Hall–Kier alpha value is -2.00. The molecular formula is C15H16ClN3. The van der Waals surface area contributed by atoms with Gasteiger partial charge in [-0.05, 0) is 31.2 Å². The smallest absolute Gasteiger partial charge is 0.126 e. The summed E-state index contributed by atoms with van der Waals surface area (Å²) in [5, 5.41) is 8.21. The average molecular weight is 274 g/mol. The number of hydrogen-bond acceptors (Lipinski definition) is 2. The van der Waals surface area contributed by atoms with Crippen molar-refractivity contribution in [3.8, 4) is 0 Å². The van der Waals surface area contributed by atoms with E-state index in [1.54, 1.807) is 6.07 Å². The summed E-state index contributed by atoms with van der Waals surface area (Å²) in [7, 11) is 0. The van der Waals surface area contributed by atoms with Gasteiger partial charge in [0.15, 0.2) is 0 Å². The number of benzene rings is 2. The van der Waals surface area contributed by atoms with Crippen LogP contribution in [0.5, 0.6) is 0 Å². The van der Waals surface area contributed by atoms with E-state index in [1.807, 2.05) is 42.5 Å². The van der Waals surface area contributed by atoms with Crippen LogP contribution in [0.2, 0.25) is 5.02 Å². The molecule has 2 aromatic carbocycles. The summed E-state index contributed by atoms with van der Waals surface area (Å²) in [6, 6.07) is 15.5. The Balaban J connectivity index is 2.56. The molecule has 0 aliphatic rings. The fourth-order valence-corrected chi connectivity index (χ4v) is 2.38.